The highest BCUT2D eigenvalue weighted by Gasteiger charge is 2.62. The summed E-state index contributed by atoms with van der Waals surface area (Å²) in [7, 11) is -0.267. The zero-order chi connectivity index (χ0) is 45.5. The fourth-order valence-corrected chi connectivity index (χ4v) is 9.09. The molecule has 63 heavy (non-hydrogen) atoms. The van der Waals surface area contributed by atoms with Gasteiger partial charge in [-0.1, -0.05) is 12.2 Å². The first kappa shape index (κ1) is 45.4. The van der Waals surface area contributed by atoms with Crippen LogP contribution in [0.5, 0.6) is 11.6 Å². The zero-order valence-electron chi connectivity index (χ0n) is 35.5. The molecule has 20 heteroatoms. The summed E-state index contributed by atoms with van der Waals surface area (Å²) in [6.45, 7) is 5.20. The summed E-state index contributed by atoms with van der Waals surface area (Å²) in [4.78, 5) is 64.1. The van der Waals surface area contributed by atoms with Crippen LogP contribution in [-0.4, -0.2) is 117 Å². The number of aromatic nitrogens is 1. The van der Waals surface area contributed by atoms with Gasteiger partial charge in [0, 0.05) is 49.7 Å². The van der Waals surface area contributed by atoms with Crippen LogP contribution in [-0.2, 0) is 33.9 Å². The number of anilines is 1. The van der Waals surface area contributed by atoms with Gasteiger partial charge in [0.25, 0.3) is 5.91 Å². The summed E-state index contributed by atoms with van der Waals surface area (Å²) in [5, 5.41) is 6.00. The molecule has 0 unspecified atom stereocenters. The van der Waals surface area contributed by atoms with Gasteiger partial charge in [0.2, 0.25) is 27.7 Å². The molecular formula is C43H51F3N6O10S. The molecule has 5 atom stereocenters. The van der Waals surface area contributed by atoms with E-state index in [2.05, 4.69) is 20.1 Å². The molecule has 1 saturated heterocycles. The summed E-state index contributed by atoms with van der Waals surface area (Å²) < 4.78 is 88.7. The minimum absolute atomic E-state index is 0.0889. The maximum atomic E-state index is 14.7. The second-order valence-corrected chi connectivity index (χ2v) is 19.4. The Morgan fingerprint density at radius 2 is 1.76 bits per heavy atom. The number of fused-ring (bicyclic) bond motifs is 3. The van der Waals surface area contributed by atoms with Crippen molar-refractivity contribution in [1.82, 2.24) is 25.2 Å². The maximum Gasteiger partial charge on any atom is 0.573 e. The van der Waals surface area contributed by atoms with Crippen LogP contribution in [0, 0.1) is 5.92 Å². The number of halogens is 3. The average Bonchev–Trinajstić information content (AvgIpc) is 4.12. The summed E-state index contributed by atoms with van der Waals surface area (Å²) in [5.41, 5.74) is -0.913. The maximum absolute atomic E-state index is 14.7. The molecule has 2 saturated carbocycles. The molecule has 3 heterocycles. The standard InChI is InChI=1S/C43H51F3N6O10S/c1-41(2,3)62-40(56)48-33-9-7-19-59-18-6-8-27-23-42(27,39(55)50-63(57,58)31-15-16-31)49-36(53)35-22-30(24-52(35)38(33)54)60-37-32-17-12-28(51(4)5)20-26(32)21-34(47-37)25-10-13-29(14-11-25)61-43(44,45)46/h6,8,10-14,17,20-21,27,30-31,33,35H,7,9,15-16,18-19,22-24H2,1-5H3,(H,48,56)(H,49,53)(H,50,55)/b8-6-/t27-,30-,33+,35+,42-/m1/s1. The zero-order valence-corrected chi connectivity index (χ0v) is 36.3. The molecule has 7 rings (SSSR count). The molecule has 1 aromatic heterocycles. The molecule has 0 bridgehead atoms. The molecule has 3 fully saturated rings. The lowest BCUT2D eigenvalue weighted by molar-refractivity contribution is -0.274. The molecular weight excluding hydrogens is 850 g/mol. The molecule has 2 aliphatic carbocycles. The smallest absolute Gasteiger partial charge is 0.472 e. The number of rotatable bonds is 9. The molecule has 2 aliphatic heterocycles. The third-order valence-electron chi connectivity index (χ3n) is 11.1. The van der Waals surface area contributed by atoms with Crippen molar-refractivity contribution in [2.24, 2.45) is 5.92 Å². The second-order valence-electron chi connectivity index (χ2n) is 17.5. The van der Waals surface area contributed by atoms with Gasteiger partial charge in [0.1, 0.15) is 35.1 Å². The first-order chi connectivity index (χ1) is 29.6. The first-order valence-corrected chi connectivity index (χ1v) is 22.2. The van der Waals surface area contributed by atoms with E-state index in [1.54, 1.807) is 45.1 Å². The minimum Gasteiger partial charge on any atom is -0.472 e. The molecule has 2 aromatic carbocycles. The highest BCUT2D eigenvalue weighted by molar-refractivity contribution is 7.91. The fraction of sp³-hybridized carbons (Fsp3) is 0.512. The third kappa shape index (κ3) is 10.9. The molecule has 4 aliphatic rings. The van der Waals surface area contributed by atoms with E-state index in [1.165, 1.54) is 29.2 Å². The molecule has 0 spiro atoms. The predicted molar refractivity (Wildman–Crippen MR) is 224 cm³/mol. The van der Waals surface area contributed by atoms with Crippen LogP contribution in [0.3, 0.4) is 0 Å². The van der Waals surface area contributed by atoms with E-state index in [0.717, 1.165) is 5.69 Å². The Bertz CT molecular complexity index is 2390. The lowest BCUT2D eigenvalue weighted by Crippen LogP contribution is -2.58. The van der Waals surface area contributed by atoms with Gasteiger partial charge in [-0.3, -0.25) is 19.1 Å². The van der Waals surface area contributed by atoms with Crippen LogP contribution in [0.15, 0.2) is 60.7 Å². The molecule has 340 valence electrons. The number of nitrogens with one attached hydrogen (secondary N) is 3. The number of hydrogen-bond donors (Lipinski definition) is 3. The number of ether oxygens (including phenoxy) is 4. The van der Waals surface area contributed by atoms with Crippen LogP contribution in [0.2, 0.25) is 0 Å². The third-order valence-corrected chi connectivity index (χ3v) is 12.9. The minimum atomic E-state index is -4.88. The lowest BCUT2D eigenvalue weighted by Gasteiger charge is -2.30. The number of hydrogen-bond acceptors (Lipinski definition) is 12. The monoisotopic (exact) mass is 900 g/mol. The second kappa shape index (κ2) is 17.5. The Kier molecular flexibility index (Phi) is 12.6. The van der Waals surface area contributed by atoms with Crippen molar-refractivity contribution < 1.29 is 59.7 Å². The summed E-state index contributed by atoms with van der Waals surface area (Å²) in [6.07, 6.45) is -2.00. The Balaban J connectivity index is 1.24. The molecule has 4 amide bonds. The number of nitrogens with zero attached hydrogens (tertiary/aromatic N) is 3. The Morgan fingerprint density at radius 3 is 2.43 bits per heavy atom. The van der Waals surface area contributed by atoms with E-state index in [4.69, 9.17) is 19.2 Å². The van der Waals surface area contributed by atoms with Crippen LogP contribution in [0.4, 0.5) is 23.7 Å². The number of pyridine rings is 1. The molecule has 16 nitrogen and oxygen atoms in total. The number of alkyl halides is 3. The fourth-order valence-electron chi connectivity index (χ4n) is 7.72. The van der Waals surface area contributed by atoms with Crippen LogP contribution in [0.1, 0.15) is 59.3 Å². The van der Waals surface area contributed by atoms with Gasteiger partial charge >= 0.3 is 12.5 Å². The number of alkyl carbamates (subject to hydrolysis) is 1. The van der Waals surface area contributed by atoms with Crippen molar-refractivity contribution in [1.29, 1.82) is 0 Å². The summed E-state index contributed by atoms with van der Waals surface area (Å²) in [6, 6.07) is 10.0. The van der Waals surface area contributed by atoms with Crippen LogP contribution >= 0.6 is 0 Å². The van der Waals surface area contributed by atoms with Gasteiger partial charge in [-0.15, -0.1) is 13.2 Å². The summed E-state index contributed by atoms with van der Waals surface area (Å²) >= 11 is 0. The first-order valence-electron chi connectivity index (χ1n) is 20.7. The van der Waals surface area contributed by atoms with Crippen LogP contribution < -0.4 is 29.7 Å². The van der Waals surface area contributed by atoms with Gasteiger partial charge in [-0.2, -0.15) is 0 Å². The van der Waals surface area contributed by atoms with E-state index in [1.807, 2.05) is 31.1 Å². The quantitative estimate of drug-likeness (QED) is 0.245. The van der Waals surface area contributed by atoms with Gasteiger partial charge in [-0.05, 0) is 107 Å². The van der Waals surface area contributed by atoms with Crippen molar-refractivity contribution in [3.63, 3.8) is 0 Å². The Hall–Kier alpha value is -5.63. The van der Waals surface area contributed by atoms with Gasteiger partial charge in [-0.25, -0.2) is 18.2 Å². The number of amides is 4. The topological polar surface area (TPSA) is 195 Å². The van der Waals surface area contributed by atoms with Crippen LogP contribution in [0.25, 0.3) is 22.0 Å². The van der Waals surface area contributed by atoms with Crippen molar-refractivity contribution in [2.75, 3.05) is 38.8 Å². The predicted octanol–water partition coefficient (Wildman–Crippen LogP) is 4.96. The van der Waals surface area contributed by atoms with Gasteiger partial charge in [0.15, 0.2) is 0 Å². The molecule has 3 N–H and O–H groups in total. The number of carbonyl (C=O) groups excluding carboxylic acids is 4. The molecule has 0 radical (unpaired) electrons. The van der Waals surface area contributed by atoms with Gasteiger partial charge in [0.05, 0.1) is 24.1 Å². The van der Waals surface area contributed by atoms with Crippen molar-refractivity contribution in [2.45, 2.75) is 100 Å². The number of sulfonamides is 1. The largest absolute Gasteiger partial charge is 0.573 e. The van der Waals surface area contributed by atoms with E-state index in [0.29, 0.717) is 41.3 Å². The normalized spacial score (nSPS) is 25.0. The highest BCUT2D eigenvalue weighted by Crippen LogP contribution is 2.46. The van der Waals surface area contributed by atoms with E-state index in [9.17, 15) is 40.8 Å². The Labute approximate surface area is 362 Å². The average molecular weight is 901 g/mol. The van der Waals surface area contributed by atoms with E-state index >= 15 is 0 Å². The Morgan fingerprint density at radius 1 is 1.03 bits per heavy atom. The van der Waals surface area contributed by atoms with Crippen molar-refractivity contribution in [3.05, 3.63) is 60.7 Å². The SMILES string of the molecule is CN(C)c1ccc2c(O[C@@H]3C[C@H]4C(=O)N[C@]5(C(=O)NS(=O)(=O)C6CC6)C[C@H]5/C=C\COCCC[C@H](NC(=O)OC(C)(C)C)C(=O)N4C3)nc(-c3ccc(OC(F)(F)F)cc3)cc2c1. The number of carbonyl (C=O) groups is 4. The number of benzene rings is 2. The van der Waals surface area contributed by atoms with Gasteiger partial charge < -0.3 is 39.4 Å². The highest BCUT2D eigenvalue weighted by atomic mass is 32.2. The van der Waals surface area contributed by atoms with E-state index < -0.39 is 86.4 Å². The summed E-state index contributed by atoms with van der Waals surface area (Å²) in [5.74, 6) is -3.15. The lowest BCUT2D eigenvalue weighted by atomic mass is 10.1. The molecule has 3 aromatic rings. The van der Waals surface area contributed by atoms with E-state index in [-0.39, 0.29) is 44.9 Å². The van der Waals surface area contributed by atoms with Crippen molar-refractivity contribution >= 4 is 50.3 Å². The van der Waals surface area contributed by atoms with Crippen molar-refractivity contribution in [3.8, 4) is 22.9 Å².